The molecule has 1 rings (SSSR count). The Labute approximate surface area is 119 Å². The molecule has 1 aromatic heterocycles. The van der Waals surface area contributed by atoms with Crippen molar-refractivity contribution < 1.29 is 14.3 Å². The smallest absolute Gasteiger partial charge is 0.319 e. The number of aromatic nitrogens is 2. The van der Waals surface area contributed by atoms with Crippen molar-refractivity contribution in [1.29, 1.82) is 0 Å². The number of carbonyl (C=O) groups excluding carboxylic acids is 2. The van der Waals surface area contributed by atoms with E-state index in [0.29, 0.717) is 5.82 Å². The molecule has 1 atom stereocenters. The number of ether oxygens (including phenoxy) is 1. The average Bonchev–Trinajstić information content (AvgIpc) is 2.55. The van der Waals surface area contributed by atoms with Crippen LogP contribution in [0.4, 0.5) is 5.82 Å². The van der Waals surface area contributed by atoms with Gasteiger partial charge in [0.25, 0.3) is 0 Å². The SMILES string of the molecule is CCOC(=O)C(C(=O)Nc1cc(C)nn1C)C(C)(C)C. The van der Waals surface area contributed by atoms with E-state index in [0.717, 1.165) is 5.69 Å². The maximum absolute atomic E-state index is 12.4. The van der Waals surface area contributed by atoms with Crippen molar-refractivity contribution in [1.82, 2.24) is 9.78 Å². The quantitative estimate of drug-likeness (QED) is 0.675. The van der Waals surface area contributed by atoms with E-state index in [4.69, 9.17) is 4.74 Å². The van der Waals surface area contributed by atoms with Crippen LogP contribution in [0.1, 0.15) is 33.4 Å². The first-order valence-electron chi connectivity index (χ1n) is 6.65. The first-order chi connectivity index (χ1) is 9.16. The van der Waals surface area contributed by atoms with Gasteiger partial charge < -0.3 is 10.1 Å². The van der Waals surface area contributed by atoms with Crippen molar-refractivity contribution in [3.8, 4) is 0 Å². The number of hydrogen-bond donors (Lipinski definition) is 1. The zero-order valence-electron chi connectivity index (χ0n) is 13.0. The highest BCUT2D eigenvalue weighted by Crippen LogP contribution is 2.28. The van der Waals surface area contributed by atoms with Crippen molar-refractivity contribution in [3.63, 3.8) is 0 Å². The number of nitrogens with one attached hydrogen (secondary N) is 1. The fraction of sp³-hybridized carbons (Fsp3) is 0.643. The Morgan fingerprint density at radius 1 is 1.45 bits per heavy atom. The molecule has 6 heteroatoms. The molecule has 112 valence electrons. The van der Waals surface area contributed by atoms with Crippen LogP contribution in [0, 0.1) is 18.3 Å². The van der Waals surface area contributed by atoms with Crippen molar-refractivity contribution in [3.05, 3.63) is 11.8 Å². The van der Waals surface area contributed by atoms with Crippen LogP contribution in [-0.2, 0) is 21.4 Å². The lowest BCUT2D eigenvalue weighted by atomic mass is 9.80. The molecule has 0 bridgehead atoms. The molecule has 0 aliphatic rings. The molecule has 1 heterocycles. The molecule has 0 fully saturated rings. The summed E-state index contributed by atoms with van der Waals surface area (Å²) in [5.74, 6) is -1.18. The molecule has 1 aromatic rings. The summed E-state index contributed by atoms with van der Waals surface area (Å²) in [6.45, 7) is 9.32. The lowest BCUT2D eigenvalue weighted by Crippen LogP contribution is -2.40. The largest absolute Gasteiger partial charge is 0.465 e. The predicted molar refractivity (Wildman–Crippen MR) is 76.2 cm³/mol. The van der Waals surface area contributed by atoms with E-state index in [-0.39, 0.29) is 12.5 Å². The van der Waals surface area contributed by atoms with Gasteiger partial charge >= 0.3 is 5.97 Å². The zero-order chi connectivity index (χ0) is 15.5. The number of rotatable bonds is 4. The first kappa shape index (κ1) is 16.2. The van der Waals surface area contributed by atoms with Crippen LogP contribution >= 0.6 is 0 Å². The Balaban J connectivity index is 2.94. The molecule has 0 radical (unpaired) electrons. The van der Waals surface area contributed by atoms with Gasteiger partial charge in [0.2, 0.25) is 5.91 Å². The van der Waals surface area contributed by atoms with E-state index in [9.17, 15) is 9.59 Å². The molecule has 0 saturated heterocycles. The maximum Gasteiger partial charge on any atom is 0.319 e. The number of anilines is 1. The summed E-state index contributed by atoms with van der Waals surface area (Å²) in [5.41, 5.74) is 0.274. The molecule has 1 unspecified atom stereocenters. The van der Waals surface area contributed by atoms with Gasteiger partial charge in [-0.2, -0.15) is 5.10 Å². The molecule has 0 aliphatic heterocycles. The molecule has 1 N–H and O–H groups in total. The van der Waals surface area contributed by atoms with E-state index >= 15 is 0 Å². The molecule has 20 heavy (non-hydrogen) atoms. The fourth-order valence-corrected chi connectivity index (χ4v) is 2.01. The summed E-state index contributed by atoms with van der Waals surface area (Å²) in [5, 5.41) is 6.89. The topological polar surface area (TPSA) is 73.2 Å². The van der Waals surface area contributed by atoms with Gasteiger partial charge in [-0.3, -0.25) is 14.3 Å². The number of amides is 1. The molecule has 6 nitrogen and oxygen atoms in total. The van der Waals surface area contributed by atoms with Gasteiger partial charge in [-0.05, 0) is 19.3 Å². The second-order valence-corrected chi connectivity index (χ2v) is 5.83. The number of hydrogen-bond acceptors (Lipinski definition) is 4. The highest BCUT2D eigenvalue weighted by molar-refractivity contribution is 6.05. The summed E-state index contributed by atoms with van der Waals surface area (Å²) in [7, 11) is 1.74. The van der Waals surface area contributed by atoms with E-state index in [1.165, 1.54) is 0 Å². The van der Waals surface area contributed by atoms with Crippen LogP contribution in [0.15, 0.2) is 6.07 Å². The van der Waals surface area contributed by atoms with Gasteiger partial charge in [-0.25, -0.2) is 0 Å². The third-order valence-corrected chi connectivity index (χ3v) is 2.90. The normalized spacial score (nSPS) is 12.9. The maximum atomic E-state index is 12.4. The summed E-state index contributed by atoms with van der Waals surface area (Å²) in [4.78, 5) is 24.4. The van der Waals surface area contributed by atoms with Crippen LogP contribution in [0.5, 0.6) is 0 Å². The second kappa shape index (κ2) is 6.07. The van der Waals surface area contributed by atoms with Crippen molar-refractivity contribution >= 4 is 17.7 Å². The lowest BCUT2D eigenvalue weighted by Gasteiger charge is -2.27. The van der Waals surface area contributed by atoms with Gasteiger partial charge in [0.05, 0.1) is 12.3 Å². The van der Waals surface area contributed by atoms with Crippen LogP contribution in [0.3, 0.4) is 0 Å². The third kappa shape index (κ3) is 3.82. The second-order valence-electron chi connectivity index (χ2n) is 5.83. The lowest BCUT2D eigenvalue weighted by molar-refractivity contribution is -0.155. The van der Waals surface area contributed by atoms with Gasteiger partial charge in [-0.15, -0.1) is 0 Å². The Kier molecular flexibility index (Phi) is 4.92. The van der Waals surface area contributed by atoms with Crippen LogP contribution in [-0.4, -0.2) is 28.3 Å². The minimum atomic E-state index is -0.863. The Morgan fingerprint density at radius 3 is 2.45 bits per heavy atom. The molecule has 0 saturated carbocycles. The minimum Gasteiger partial charge on any atom is -0.465 e. The average molecular weight is 281 g/mol. The van der Waals surface area contributed by atoms with Crippen molar-refractivity contribution in [2.45, 2.75) is 34.6 Å². The Bertz CT molecular complexity index is 500. The molecule has 0 spiro atoms. The number of carbonyl (C=O) groups is 2. The number of esters is 1. The first-order valence-corrected chi connectivity index (χ1v) is 6.65. The van der Waals surface area contributed by atoms with Gasteiger partial charge in [0, 0.05) is 13.1 Å². The number of nitrogens with zero attached hydrogens (tertiary/aromatic N) is 2. The fourth-order valence-electron chi connectivity index (χ4n) is 2.01. The molecule has 1 amide bonds. The molecule has 0 aliphatic carbocycles. The van der Waals surface area contributed by atoms with Gasteiger partial charge in [0.15, 0.2) is 0 Å². The van der Waals surface area contributed by atoms with E-state index < -0.39 is 17.3 Å². The summed E-state index contributed by atoms with van der Waals surface area (Å²) in [6, 6.07) is 1.75. The van der Waals surface area contributed by atoms with Gasteiger partial charge in [0.1, 0.15) is 11.7 Å². The molecular formula is C14H23N3O3. The zero-order valence-corrected chi connectivity index (χ0v) is 13.0. The highest BCUT2D eigenvalue weighted by Gasteiger charge is 2.39. The number of aryl methyl sites for hydroxylation is 2. The van der Waals surface area contributed by atoms with Crippen LogP contribution in [0.25, 0.3) is 0 Å². The standard InChI is InChI=1S/C14H23N3O3/c1-7-20-13(19)11(14(3,4)5)12(18)15-10-8-9(2)16-17(10)6/h8,11H,7H2,1-6H3,(H,15,18). The Morgan fingerprint density at radius 2 is 2.05 bits per heavy atom. The highest BCUT2D eigenvalue weighted by atomic mass is 16.5. The van der Waals surface area contributed by atoms with E-state index in [2.05, 4.69) is 10.4 Å². The van der Waals surface area contributed by atoms with Crippen LogP contribution in [0.2, 0.25) is 0 Å². The Hall–Kier alpha value is -1.85. The van der Waals surface area contributed by atoms with Crippen molar-refractivity contribution in [2.75, 3.05) is 11.9 Å². The van der Waals surface area contributed by atoms with E-state index in [1.54, 1.807) is 24.7 Å². The molecule has 0 aromatic carbocycles. The van der Waals surface area contributed by atoms with E-state index in [1.807, 2.05) is 27.7 Å². The predicted octanol–water partition coefficient (Wildman–Crippen LogP) is 1.89. The van der Waals surface area contributed by atoms with Gasteiger partial charge in [-0.1, -0.05) is 20.8 Å². The van der Waals surface area contributed by atoms with Crippen LogP contribution < -0.4 is 5.32 Å². The summed E-state index contributed by atoms with van der Waals surface area (Å²) < 4.78 is 6.57. The van der Waals surface area contributed by atoms with Crippen molar-refractivity contribution in [2.24, 2.45) is 18.4 Å². The summed E-state index contributed by atoms with van der Waals surface area (Å²) >= 11 is 0. The molecular weight excluding hydrogens is 258 g/mol. The monoisotopic (exact) mass is 281 g/mol. The minimum absolute atomic E-state index is 0.253. The summed E-state index contributed by atoms with van der Waals surface area (Å²) in [6.07, 6.45) is 0. The third-order valence-electron chi connectivity index (χ3n) is 2.90.